The SMILES string of the molecule is CC(C)(C)OC(=O)NC(CCCCNC(=O)OCc1ccccc1Cl)C(=O)NCC(N)=O.Cc1ccccc1. The van der Waals surface area contributed by atoms with Gasteiger partial charge in [0.2, 0.25) is 11.8 Å². The highest BCUT2D eigenvalue weighted by atomic mass is 35.5. The molecule has 11 heteroatoms. The fraction of sp³-hybridized carbons (Fsp3) is 0.429. The van der Waals surface area contributed by atoms with E-state index in [2.05, 4.69) is 35.0 Å². The van der Waals surface area contributed by atoms with E-state index in [1.165, 1.54) is 5.56 Å². The van der Waals surface area contributed by atoms with Gasteiger partial charge in [-0.05, 0) is 53.0 Å². The Balaban J connectivity index is 0.000000934. The Kier molecular flexibility index (Phi) is 15.1. The second-order valence-electron chi connectivity index (χ2n) is 9.63. The van der Waals surface area contributed by atoms with Crippen molar-refractivity contribution in [3.05, 3.63) is 70.7 Å². The summed E-state index contributed by atoms with van der Waals surface area (Å²) in [4.78, 5) is 47.0. The molecule has 0 fully saturated rings. The number of halogens is 1. The monoisotopic (exact) mass is 562 g/mol. The number of nitrogens with one attached hydrogen (secondary N) is 3. The van der Waals surface area contributed by atoms with Gasteiger partial charge in [0.1, 0.15) is 18.2 Å². The second kappa shape index (κ2) is 17.7. The number of amides is 4. The van der Waals surface area contributed by atoms with Crippen LogP contribution in [0.3, 0.4) is 0 Å². The molecule has 0 aliphatic carbocycles. The molecule has 214 valence electrons. The predicted molar refractivity (Wildman–Crippen MR) is 150 cm³/mol. The van der Waals surface area contributed by atoms with Gasteiger partial charge < -0.3 is 31.2 Å². The van der Waals surface area contributed by atoms with Crippen LogP contribution in [0.2, 0.25) is 5.02 Å². The summed E-state index contributed by atoms with van der Waals surface area (Å²) in [6, 6.07) is 16.4. The maximum Gasteiger partial charge on any atom is 0.408 e. The van der Waals surface area contributed by atoms with Gasteiger partial charge in [0.25, 0.3) is 0 Å². The number of carbonyl (C=O) groups excluding carboxylic acids is 4. The van der Waals surface area contributed by atoms with Crippen molar-refractivity contribution < 1.29 is 28.7 Å². The van der Waals surface area contributed by atoms with Gasteiger partial charge in [-0.2, -0.15) is 0 Å². The molecule has 0 spiro atoms. The van der Waals surface area contributed by atoms with E-state index in [1.807, 2.05) is 18.2 Å². The highest BCUT2D eigenvalue weighted by Crippen LogP contribution is 2.15. The molecule has 2 rings (SSSR count). The molecule has 0 aliphatic rings. The standard InChI is InChI=1S/C21H31ClN4O6.C7H8/c1-21(2,3)32-20(30)26-16(18(28)25-12-17(23)27)10-6-7-11-24-19(29)31-13-14-8-4-5-9-15(14)22;1-7-5-3-2-4-6-7/h4-5,8-9,16H,6-7,10-13H2,1-3H3,(H2,23,27)(H,24,29)(H,25,28)(H,26,30);2-6H,1H3. The summed E-state index contributed by atoms with van der Waals surface area (Å²) in [7, 11) is 0. The Morgan fingerprint density at radius 3 is 2.13 bits per heavy atom. The van der Waals surface area contributed by atoms with Crippen LogP contribution in [0.1, 0.15) is 51.2 Å². The lowest BCUT2D eigenvalue weighted by Gasteiger charge is -2.23. The largest absolute Gasteiger partial charge is 0.445 e. The zero-order valence-corrected chi connectivity index (χ0v) is 23.7. The van der Waals surface area contributed by atoms with Crippen LogP contribution < -0.4 is 21.7 Å². The van der Waals surface area contributed by atoms with Crippen LogP contribution in [0.15, 0.2) is 54.6 Å². The number of aryl methyl sites for hydroxylation is 1. The number of carbonyl (C=O) groups is 4. The summed E-state index contributed by atoms with van der Waals surface area (Å²) in [5.41, 5.74) is 6.33. The van der Waals surface area contributed by atoms with Crippen molar-refractivity contribution in [3.8, 4) is 0 Å². The smallest absolute Gasteiger partial charge is 0.408 e. The van der Waals surface area contributed by atoms with Crippen molar-refractivity contribution in [2.75, 3.05) is 13.1 Å². The molecule has 2 aromatic rings. The summed E-state index contributed by atoms with van der Waals surface area (Å²) in [6.45, 7) is 7.20. The minimum Gasteiger partial charge on any atom is -0.445 e. The van der Waals surface area contributed by atoms with Crippen molar-refractivity contribution in [2.24, 2.45) is 5.73 Å². The third-order valence-electron chi connectivity index (χ3n) is 4.89. The van der Waals surface area contributed by atoms with Gasteiger partial charge in [-0.1, -0.05) is 65.7 Å². The van der Waals surface area contributed by atoms with E-state index in [9.17, 15) is 19.2 Å². The third kappa shape index (κ3) is 16.6. The summed E-state index contributed by atoms with van der Waals surface area (Å²) < 4.78 is 10.3. The van der Waals surface area contributed by atoms with E-state index in [0.29, 0.717) is 30.0 Å². The highest BCUT2D eigenvalue weighted by molar-refractivity contribution is 6.31. The molecule has 0 heterocycles. The Hall–Kier alpha value is -3.79. The Bertz CT molecular complexity index is 1060. The zero-order valence-electron chi connectivity index (χ0n) is 22.9. The zero-order chi connectivity index (χ0) is 29.3. The molecule has 0 bridgehead atoms. The summed E-state index contributed by atoms with van der Waals surface area (Å²) in [5, 5.41) is 7.97. The van der Waals surface area contributed by atoms with Gasteiger partial charge >= 0.3 is 12.2 Å². The van der Waals surface area contributed by atoms with Crippen molar-refractivity contribution in [1.29, 1.82) is 0 Å². The minimum atomic E-state index is -0.920. The normalized spacial score (nSPS) is 11.2. The van der Waals surface area contributed by atoms with E-state index < -0.39 is 35.6 Å². The first-order valence-electron chi connectivity index (χ1n) is 12.6. The van der Waals surface area contributed by atoms with Gasteiger partial charge in [-0.25, -0.2) is 9.59 Å². The van der Waals surface area contributed by atoms with Gasteiger partial charge in [0, 0.05) is 17.1 Å². The van der Waals surface area contributed by atoms with E-state index in [0.717, 1.165) is 0 Å². The van der Waals surface area contributed by atoms with Crippen LogP contribution in [0.25, 0.3) is 0 Å². The minimum absolute atomic E-state index is 0.0490. The molecule has 39 heavy (non-hydrogen) atoms. The Morgan fingerprint density at radius 1 is 0.923 bits per heavy atom. The van der Waals surface area contributed by atoms with Crippen molar-refractivity contribution in [2.45, 2.75) is 65.2 Å². The fourth-order valence-electron chi connectivity index (χ4n) is 3.02. The van der Waals surface area contributed by atoms with Gasteiger partial charge in [-0.3, -0.25) is 9.59 Å². The lowest BCUT2D eigenvalue weighted by atomic mass is 10.1. The molecule has 0 saturated heterocycles. The molecule has 0 saturated carbocycles. The molecule has 0 aliphatic heterocycles. The quantitative estimate of drug-likeness (QED) is 0.301. The van der Waals surface area contributed by atoms with Gasteiger partial charge in [0.15, 0.2) is 0 Å². The first kappa shape index (κ1) is 33.2. The molecule has 0 aromatic heterocycles. The number of nitrogens with two attached hydrogens (primary N) is 1. The average molecular weight is 563 g/mol. The maximum absolute atomic E-state index is 12.3. The molecule has 0 radical (unpaired) electrons. The van der Waals surface area contributed by atoms with E-state index in [4.69, 9.17) is 26.8 Å². The number of hydrogen-bond donors (Lipinski definition) is 4. The Morgan fingerprint density at radius 2 is 1.56 bits per heavy atom. The van der Waals surface area contributed by atoms with Crippen LogP contribution >= 0.6 is 11.6 Å². The average Bonchev–Trinajstić information content (AvgIpc) is 2.85. The molecule has 1 unspecified atom stereocenters. The van der Waals surface area contributed by atoms with E-state index in [1.54, 1.807) is 45.0 Å². The van der Waals surface area contributed by atoms with Crippen LogP contribution in [-0.4, -0.2) is 48.7 Å². The van der Waals surface area contributed by atoms with Crippen LogP contribution in [0, 0.1) is 6.92 Å². The van der Waals surface area contributed by atoms with E-state index in [-0.39, 0.29) is 19.6 Å². The highest BCUT2D eigenvalue weighted by Gasteiger charge is 2.24. The lowest BCUT2D eigenvalue weighted by molar-refractivity contribution is -0.126. The van der Waals surface area contributed by atoms with Gasteiger partial charge in [0.05, 0.1) is 6.54 Å². The van der Waals surface area contributed by atoms with E-state index >= 15 is 0 Å². The number of hydrogen-bond acceptors (Lipinski definition) is 6. The molecule has 10 nitrogen and oxygen atoms in total. The van der Waals surface area contributed by atoms with Crippen LogP contribution in [0.4, 0.5) is 9.59 Å². The molecule has 5 N–H and O–H groups in total. The van der Waals surface area contributed by atoms with Crippen molar-refractivity contribution in [1.82, 2.24) is 16.0 Å². The molecule has 1 atom stereocenters. The number of benzene rings is 2. The number of ether oxygens (including phenoxy) is 2. The number of rotatable bonds is 11. The number of alkyl carbamates (subject to hydrolysis) is 2. The number of unbranched alkanes of at least 4 members (excludes halogenated alkanes) is 1. The van der Waals surface area contributed by atoms with Crippen molar-refractivity contribution in [3.63, 3.8) is 0 Å². The second-order valence-corrected chi connectivity index (χ2v) is 10.0. The lowest BCUT2D eigenvalue weighted by Crippen LogP contribution is -2.49. The first-order chi connectivity index (χ1) is 18.4. The van der Waals surface area contributed by atoms with Crippen molar-refractivity contribution >= 4 is 35.6 Å². The molecule has 4 amide bonds. The van der Waals surface area contributed by atoms with Gasteiger partial charge in [-0.15, -0.1) is 0 Å². The van der Waals surface area contributed by atoms with Crippen LogP contribution in [-0.2, 0) is 25.7 Å². The Labute approximate surface area is 234 Å². The third-order valence-corrected chi connectivity index (χ3v) is 5.26. The number of primary amides is 1. The predicted octanol–water partition coefficient (Wildman–Crippen LogP) is 4.23. The summed E-state index contributed by atoms with van der Waals surface area (Å²) >= 11 is 6.01. The first-order valence-corrected chi connectivity index (χ1v) is 13.0. The summed E-state index contributed by atoms with van der Waals surface area (Å²) in [6.07, 6.45) is -0.0581. The van der Waals surface area contributed by atoms with Crippen LogP contribution in [0.5, 0.6) is 0 Å². The maximum atomic E-state index is 12.3. The summed E-state index contributed by atoms with van der Waals surface area (Å²) in [5.74, 6) is -1.25. The molecule has 2 aromatic carbocycles. The fourth-order valence-corrected chi connectivity index (χ4v) is 3.21. The molecular weight excluding hydrogens is 524 g/mol. The molecular formula is C28H39ClN4O6. The topological polar surface area (TPSA) is 149 Å².